The largest absolute Gasteiger partial charge is 0.445 e. The molecule has 3 atom stereocenters. The number of alkyl halides is 3. The van der Waals surface area contributed by atoms with Crippen LogP contribution in [0.25, 0.3) is 0 Å². The Kier molecular flexibility index (Phi) is 5.26. The second kappa shape index (κ2) is 7.47. The number of ether oxygens (including phenoxy) is 1. The quantitative estimate of drug-likeness (QED) is 0.774. The van der Waals surface area contributed by atoms with Gasteiger partial charge in [0.15, 0.2) is 0 Å². The molecule has 144 valence electrons. The molecule has 2 heterocycles. The van der Waals surface area contributed by atoms with E-state index in [-0.39, 0.29) is 6.04 Å². The number of aromatic nitrogens is 2. The van der Waals surface area contributed by atoms with Gasteiger partial charge in [0.1, 0.15) is 5.82 Å². The zero-order chi connectivity index (χ0) is 19.6. The predicted octanol–water partition coefficient (Wildman–Crippen LogP) is 2.58. The van der Waals surface area contributed by atoms with Gasteiger partial charge in [-0.15, -0.1) is 0 Å². The van der Waals surface area contributed by atoms with E-state index in [0.717, 1.165) is 12.1 Å². The van der Waals surface area contributed by atoms with E-state index in [9.17, 15) is 22.4 Å². The monoisotopic (exact) mass is 384 g/mol. The van der Waals surface area contributed by atoms with Crippen LogP contribution in [-0.4, -0.2) is 28.1 Å². The molecule has 0 bridgehead atoms. The van der Waals surface area contributed by atoms with Crippen LogP contribution in [0.4, 0.5) is 17.6 Å². The zero-order valence-electron chi connectivity index (χ0n) is 13.9. The molecule has 1 aliphatic heterocycles. The molecule has 3 rings (SSSR count). The maximum absolute atomic E-state index is 13.8. The van der Waals surface area contributed by atoms with Crippen molar-refractivity contribution in [3.63, 3.8) is 0 Å². The SMILES string of the molecule is NC(=O)[C@@H]1CC[C@H](c2cnc(OC(c3ccccc3F)C(F)(F)F)nc2)N1. The summed E-state index contributed by atoms with van der Waals surface area (Å²) in [6.45, 7) is 0. The van der Waals surface area contributed by atoms with Crippen LogP contribution < -0.4 is 15.8 Å². The maximum Gasteiger partial charge on any atom is 0.429 e. The van der Waals surface area contributed by atoms with Crippen LogP contribution in [0.5, 0.6) is 6.01 Å². The summed E-state index contributed by atoms with van der Waals surface area (Å²) in [6, 6.07) is 3.24. The minimum atomic E-state index is -4.86. The summed E-state index contributed by atoms with van der Waals surface area (Å²) in [5.41, 5.74) is 5.17. The van der Waals surface area contributed by atoms with E-state index in [1.165, 1.54) is 24.5 Å². The van der Waals surface area contributed by atoms with Gasteiger partial charge in [0.05, 0.1) is 6.04 Å². The fourth-order valence-corrected chi connectivity index (χ4v) is 2.90. The van der Waals surface area contributed by atoms with E-state index >= 15 is 0 Å². The molecular formula is C17H16F4N4O2. The van der Waals surface area contributed by atoms with Gasteiger partial charge in [0, 0.05) is 29.6 Å². The van der Waals surface area contributed by atoms with Gasteiger partial charge in [-0.05, 0) is 18.9 Å². The average Bonchev–Trinajstić information content (AvgIpc) is 3.10. The third-order valence-corrected chi connectivity index (χ3v) is 4.25. The van der Waals surface area contributed by atoms with Gasteiger partial charge >= 0.3 is 12.2 Å². The van der Waals surface area contributed by atoms with Crippen molar-refractivity contribution in [2.24, 2.45) is 5.73 Å². The third kappa shape index (κ3) is 4.33. The fourth-order valence-electron chi connectivity index (χ4n) is 2.90. The van der Waals surface area contributed by atoms with Crippen LogP contribution in [0.2, 0.25) is 0 Å². The zero-order valence-corrected chi connectivity index (χ0v) is 13.9. The summed E-state index contributed by atoms with van der Waals surface area (Å²) in [5.74, 6) is -1.51. The topological polar surface area (TPSA) is 90.1 Å². The van der Waals surface area contributed by atoms with Crippen molar-refractivity contribution in [1.29, 1.82) is 0 Å². The number of benzene rings is 1. The number of amides is 1. The molecule has 0 radical (unpaired) electrons. The Morgan fingerprint density at radius 1 is 1.22 bits per heavy atom. The first-order valence-electron chi connectivity index (χ1n) is 8.11. The lowest BCUT2D eigenvalue weighted by atomic mass is 10.1. The molecule has 1 aliphatic rings. The van der Waals surface area contributed by atoms with E-state index in [2.05, 4.69) is 15.3 Å². The van der Waals surface area contributed by atoms with Gasteiger partial charge in [-0.25, -0.2) is 14.4 Å². The molecule has 0 aliphatic carbocycles. The van der Waals surface area contributed by atoms with E-state index in [1.54, 1.807) is 0 Å². The highest BCUT2D eigenvalue weighted by Gasteiger charge is 2.45. The maximum atomic E-state index is 13.8. The first-order chi connectivity index (χ1) is 12.8. The summed E-state index contributed by atoms with van der Waals surface area (Å²) in [6.07, 6.45) is -3.63. The minimum absolute atomic E-state index is 0.235. The molecule has 1 saturated heterocycles. The van der Waals surface area contributed by atoms with Crippen molar-refractivity contribution < 1.29 is 27.1 Å². The molecule has 27 heavy (non-hydrogen) atoms. The lowest BCUT2D eigenvalue weighted by Gasteiger charge is -2.21. The molecule has 3 N–H and O–H groups in total. The Bertz CT molecular complexity index is 813. The smallest absolute Gasteiger partial charge is 0.429 e. The number of carbonyl (C=O) groups is 1. The van der Waals surface area contributed by atoms with E-state index in [4.69, 9.17) is 10.5 Å². The fraction of sp³-hybridized carbons (Fsp3) is 0.353. The second-order valence-corrected chi connectivity index (χ2v) is 6.11. The molecule has 0 saturated carbocycles. The Labute approximate surface area is 151 Å². The third-order valence-electron chi connectivity index (χ3n) is 4.25. The van der Waals surface area contributed by atoms with Gasteiger partial charge in [-0.2, -0.15) is 13.2 Å². The highest BCUT2D eigenvalue weighted by molar-refractivity contribution is 5.80. The standard InChI is InChI=1S/C17H16F4N4O2/c18-11-4-2-1-3-10(11)14(17(19,20)21)27-16-23-7-9(8-24-16)12-5-6-13(25-12)15(22)26/h1-4,7-8,12-14,25H,5-6H2,(H2,22,26)/t12-,13+,14?/m1/s1. The van der Waals surface area contributed by atoms with Crippen molar-refractivity contribution in [3.05, 3.63) is 53.6 Å². The number of primary amides is 1. The van der Waals surface area contributed by atoms with Crippen LogP contribution in [-0.2, 0) is 4.79 Å². The molecule has 10 heteroatoms. The van der Waals surface area contributed by atoms with E-state index in [1.807, 2.05) is 0 Å². The normalized spacial score (nSPS) is 21.0. The molecule has 6 nitrogen and oxygen atoms in total. The molecule has 1 unspecified atom stereocenters. The molecule has 1 aromatic heterocycles. The Morgan fingerprint density at radius 3 is 2.44 bits per heavy atom. The lowest BCUT2D eigenvalue weighted by Crippen LogP contribution is -2.37. The van der Waals surface area contributed by atoms with Gasteiger partial charge < -0.3 is 10.5 Å². The van der Waals surface area contributed by atoms with E-state index in [0.29, 0.717) is 18.4 Å². The second-order valence-electron chi connectivity index (χ2n) is 6.11. The summed E-state index contributed by atoms with van der Waals surface area (Å²) < 4.78 is 58.6. The van der Waals surface area contributed by atoms with E-state index < -0.39 is 41.6 Å². The Balaban J connectivity index is 1.76. The van der Waals surface area contributed by atoms with Gasteiger partial charge in [-0.1, -0.05) is 18.2 Å². The highest BCUT2D eigenvalue weighted by Crippen LogP contribution is 2.37. The van der Waals surface area contributed by atoms with Gasteiger partial charge in [0.2, 0.25) is 12.0 Å². The first-order valence-corrected chi connectivity index (χ1v) is 8.11. The van der Waals surface area contributed by atoms with Crippen molar-refractivity contribution >= 4 is 5.91 Å². The van der Waals surface area contributed by atoms with Gasteiger partial charge in [-0.3, -0.25) is 10.1 Å². The van der Waals surface area contributed by atoms with Crippen LogP contribution in [0.1, 0.15) is 36.1 Å². The van der Waals surface area contributed by atoms with Crippen LogP contribution >= 0.6 is 0 Å². The number of rotatable bonds is 5. The molecule has 1 fully saturated rings. The van der Waals surface area contributed by atoms with Gasteiger partial charge in [0.25, 0.3) is 0 Å². The Hall–Kier alpha value is -2.75. The average molecular weight is 384 g/mol. The number of carbonyl (C=O) groups excluding carboxylic acids is 1. The summed E-state index contributed by atoms with van der Waals surface area (Å²) in [5, 5.41) is 3.00. The van der Waals surface area contributed by atoms with Crippen LogP contribution in [0, 0.1) is 5.82 Å². The molecule has 2 aromatic rings. The predicted molar refractivity (Wildman–Crippen MR) is 85.9 cm³/mol. The molecule has 1 aromatic carbocycles. The molecular weight excluding hydrogens is 368 g/mol. The lowest BCUT2D eigenvalue weighted by molar-refractivity contribution is -0.200. The summed E-state index contributed by atoms with van der Waals surface area (Å²) in [7, 11) is 0. The highest BCUT2D eigenvalue weighted by atomic mass is 19.4. The number of halogens is 4. The number of nitrogens with two attached hydrogens (primary N) is 1. The Morgan fingerprint density at radius 2 is 1.89 bits per heavy atom. The van der Waals surface area contributed by atoms with Crippen molar-refractivity contribution in [2.45, 2.75) is 37.2 Å². The van der Waals surface area contributed by atoms with Crippen molar-refractivity contribution in [3.8, 4) is 6.01 Å². The summed E-state index contributed by atoms with van der Waals surface area (Å²) >= 11 is 0. The number of nitrogens with one attached hydrogen (secondary N) is 1. The number of nitrogens with zero attached hydrogens (tertiary/aromatic N) is 2. The number of hydrogen-bond acceptors (Lipinski definition) is 5. The van der Waals surface area contributed by atoms with Crippen molar-refractivity contribution in [2.75, 3.05) is 0 Å². The van der Waals surface area contributed by atoms with Crippen molar-refractivity contribution in [1.82, 2.24) is 15.3 Å². The minimum Gasteiger partial charge on any atom is -0.445 e. The molecule has 1 amide bonds. The summed E-state index contributed by atoms with van der Waals surface area (Å²) in [4.78, 5) is 18.8. The molecule has 0 spiro atoms. The van der Waals surface area contributed by atoms with Crippen LogP contribution in [0.3, 0.4) is 0 Å². The first kappa shape index (κ1) is 19.0. The van der Waals surface area contributed by atoms with Crippen LogP contribution in [0.15, 0.2) is 36.7 Å². The number of hydrogen-bond donors (Lipinski definition) is 2.